The van der Waals surface area contributed by atoms with Crippen LogP contribution in [0.1, 0.15) is 42.6 Å². The molecule has 1 saturated heterocycles. The van der Waals surface area contributed by atoms with Gasteiger partial charge in [0, 0.05) is 38.3 Å². The van der Waals surface area contributed by atoms with Gasteiger partial charge in [-0.2, -0.15) is 5.10 Å². The third kappa shape index (κ3) is 3.08. The van der Waals surface area contributed by atoms with Crippen LogP contribution in [0, 0.1) is 0 Å². The van der Waals surface area contributed by atoms with Crippen molar-refractivity contribution in [2.45, 2.75) is 38.9 Å². The molecule has 0 radical (unpaired) electrons. The largest absolute Gasteiger partial charge is 0.337 e. The number of anilines is 1. The monoisotopic (exact) mass is 395 g/mol. The van der Waals surface area contributed by atoms with Crippen LogP contribution >= 0.6 is 0 Å². The molecule has 2 aliphatic heterocycles. The fourth-order valence-electron chi connectivity index (χ4n) is 4.33. The van der Waals surface area contributed by atoms with E-state index in [1.807, 2.05) is 33.2 Å². The third-order valence-electron chi connectivity index (χ3n) is 5.91. The van der Waals surface area contributed by atoms with E-state index in [1.165, 1.54) is 0 Å². The lowest BCUT2D eigenvalue weighted by Crippen LogP contribution is -2.64. The number of likely N-dealkylation sites (N-methyl/N-ethyl adjacent to an activating group) is 1. The maximum absolute atomic E-state index is 13.3. The quantitative estimate of drug-likeness (QED) is 0.773. The van der Waals surface area contributed by atoms with Crippen molar-refractivity contribution in [2.75, 3.05) is 18.0 Å². The van der Waals surface area contributed by atoms with E-state index in [-0.39, 0.29) is 24.3 Å². The maximum atomic E-state index is 13.3. The van der Waals surface area contributed by atoms with Gasteiger partial charge in [-0.3, -0.25) is 24.0 Å². The average Bonchev–Trinajstić information content (AvgIpc) is 3.26. The second kappa shape index (κ2) is 7.02. The molecule has 0 unspecified atom stereocenters. The van der Waals surface area contributed by atoms with Crippen molar-refractivity contribution in [3.05, 3.63) is 47.8 Å². The van der Waals surface area contributed by atoms with Crippen LogP contribution in [0.2, 0.25) is 0 Å². The molecule has 2 aliphatic rings. The second-order valence-corrected chi connectivity index (χ2v) is 7.78. The number of carbonyl (C=O) groups excluding carboxylic acids is 3. The van der Waals surface area contributed by atoms with Gasteiger partial charge in [0.1, 0.15) is 12.2 Å². The highest BCUT2D eigenvalue weighted by molar-refractivity contribution is 6.11. The smallest absolute Gasteiger partial charge is 0.258 e. The van der Waals surface area contributed by atoms with E-state index < -0.39 is 5.66 Å². The summed E-state index contributed by atoms with van der Waals surface area (Å²) in [5.41, 5.74) is 1.20. The number of fused-ring (bicyclic) bond motifs is 3. The van der Waals surface area contributed by atoms with Crippen LogP contribution in [0.15, 0.2) is 36.7 Å². The predicted molar refractivity (Wildman–Crippen MR) is 107 cm³/mol. The summed E-state index contributed by atoms with van der Waals surface area (Å²) >= 11 is 0. The summed E-state index contributed by atoms with van der Waals surface area (Å²) < 4.78 is 1.70. The molecule has 2 aromatic rings. The van der Waals surface area contributed by atoms with E-state index in [2.05, 4.69) is 5.10 Å². The molecule has 0 N–H and O–H groups in total. The first kappa shape index (κ1) is 19.2. The lowest BCUT2D eigenvalue weighted by molar-refractivity contribution is -0.134. The minimum atomic E-state index is -0.827. The highest BCUT2D eigenvalue weighted by Crippen LogP contribution is 2.43. The number of hydrogen-bond donors (Lipinski definition) is 0. The molecule has 1 atom stereocenters. The van der Waals surface area contributed by atoms with Gasteiger partial charge in [-0.25, -0.2) is 0 Å². The SMILES string of the molecule is CCN(Cc1cnn(C)c1)C(=O)CN1C(=O)c2ccccc2N2C(=O)CC[C@]12C. The molecule has 1 fully saturated rings. The molecule has 1 aromatic heterocycles. The first-order chi connectivity index (χ1) is 13.8. The van der Waals surface area contributed by atoms with E-state index in [9.17, 15) is 14.4 Å². The number of amides is 3. The van der Waals surface area contributed by atoms with Crippen LogP contribution in [-0.2, 0) is 23.2 Å². The van der Waals surface area contributed by atoms with E-state index in [0.717, 1.165) is 5.56 Å². The number of carbonyl (C=O) groups is 3. The zero-order chi connectivity index (χ0) is 20.8. The predicted octanol–water partition coefficient (Wildman–Crippen LogP) is 1.77. The molecule has 8 nitrogen and oxygen atoms in total. The molecule has 8 heteroatoms. The van der Waals surface area contributed by atoms with Crippen LogP contribution in [-0.4, -0.2) is 56.1 Å². The third-order valence-corrected chi connectivity index (χ3v) is 5.91. The summed E-state index contributed by atoms with van der Waals surface area (Å²) in [4.78, 5) is 44.0. The minimum Gasteiger partial charge on any atom is -0.337 e. The van der Waals surface area contributed by atoms with Gasteiger partial charge in [0.15, 0.2) is 0 Å². The molecule has 0 aliphatic carbocycles. The first-order valence-electron chi connectivity index (χ1n) is 9.84. The molecule has 29 heavy (non-hydrogen) atoms. The summed E-state index contributed by atoms with van der Waals surface area (Å²) in [7, 11) is 1.83. The Bertz CT molecular complexity index is 984. The van der Waals surface area contributed by atoms with Crippen LogP contribution in [0.4, 0.5) is 5.69 Å². The van der Waals surface area contributed by atoms with Crippen LogP contribution in [0.3, 0.4) is 0 Å². The van der Waals surface area contributed by atoms with Crippen molar-refractivity contribution in [3.8, 4) is 0 Å². The van der Waals surface area contributed by atoms with E-state index in [4.69, 9.17) is 0 Å². The number of para-hydroxylation sites is 1. The van der Waals surface area contributed by atoms with Gasteiger partial charge in [0.25, 0.3) is 5.91 Å². The van der Waals surface area contributed by atoms with Gasteiger partial charge in [0.2, 0.25) is 11.8 Å². The fourth-order valence-corrected chi connectivity index (χ4v) is 4.33. The maximum Gasteiger partial charge on any atom is 0.258 e. The lowest BCUT2D eigenvalue weighted by Gasteiger charge is -2.48. The van der Waals surface area contributed by atoms with Gasteiger partial charge in [-0.15, -0.1) is 0 Å². The summed E-state index contributed by atoms with van der Waals surface area (Å²) in [5.74, 6) is -0.378. The van der Waals surface area contributed by atoms with Gasteiger partial charge in [0.05, 0.1) is 17.4 Å². The zero-order valence-corrected chi connectivity index (χ0v) is 17.0. The van der Waals surface area contributed by atoms with Crippen LogP contribution < -0.4 is 4.90 Å². The Labute approximate surface area is 169 Å². The zero-order valence-electron chi connectivity index (χ0n) is 17.0. The number of benzene rings is 1. The van der Waals surface area contributed by atoms with E-state index in [0.29, 0.717) is 37.2 Å². The Balaban J connectivity index is 1.62. The highest BCUT2D eigenvalue weighted by Gasteiger charge is 2.53. The fraction of sp³-hybridized carbons (Fsp3) is 0.429. The standard InChI is InChI=1S/C21H25N5O3/c1-4-24(13-15-11-22-23(3)12-15)19(28)14-25-20(29)16-7-5-6-8-17(16)26-18(27)9-10-21(25,26)2/h5-8,11-12H,4,9-10,13-14H2,1-3H3/t21-/m1/s1. The van der Waals surface area contributed by atoms with Gasteiger partial charge < -0.3 is 9.80 Å². The van der Waals surface area contributed by atoms with Crippen LogP contribution in [0.25, 0.3) is 0 Å². The molecular weight excluding hydrogens is 370 g/mol. The highest BCUT2D eigenvalue weighted by atomic mass is 16.2. The summed E-state index contributed by atoms with van der Waals surface area (Å²) in [5, 5.41) is 4.15. The number of aromatic nitrogens is 2. The summed E-state index contributed by atoms with van der Waals surface area (Å²) in [6, 6.07) is 7.12. The normalized spacial score (nSPS) is 20.7. The Morgan fingerprint density at radius 1 is 1.28 bits per heavy atom. The average molecular weight is 395 g/mol. The van der Waals surface area contributed by atoms with Gasteiger partial charge in [-0.05, 0) is 32.4 Å². The van der Waals surface area contributed by atoms with E-state index >= 15 is 0 Å². The molecule has 152 valence electrons. The van der Waals surface area contributed by atoms with Crippen molar-refractivity contribution in [2.24, 2.45) is 7.05 Å². The van der Waals surface area contributed by atoms with Crippen molar-refractivity contribution in [1.29, 1.82) is 0 Å². The number of hydrogen-bond acceptors (Lipinski definition) is 4. The minimum absolute atomic E-state index is 0.0207. The molecule has 3 amide bonds. The van der Waals surface area contributed by atoms with Crippen molar-refractivity contribution in [3.63, 3.8) is 0 Å². The van der Waals surface area contributed by atoms with Crippen molar-refractivity contribution in [1.82, 2.24) is 19.6 Å². The Morgan fingerprint density at radius 2 is 2.03 bits per heavy atom. The molecule has 3 heterocycles. The topological polar surface area (TPSA) is 78.8 Å². The second-order valence-electron chi connectivity index (χ2n) is 7.78. The number of rotatable bonds is 5. The summed E-state index contributed by atoms with van der Waals surface area (Å²) in [6.45, 7) is 4.67. The molecular formula is C21H25N5O3. The molecule has 0 saturated carbocycles. The Hall–Kier alpha value is -3.16. The summed E-state index contributed by atoms with van der Waals surface area (Å²) in [6.07, 6.45) is 4.47. The Kier molecular flexibility index (Phi) is 4.64. The number of aryl methyl sites for hydroxylation is 1. The van der Waals surface area contributed by atoms with Gasteiger partial charge >= 0.3 is 0 Å². The first-order valence-corrected chi connectivity index (χ1v) is 9.84. The van der Waals surface area contributed by atoms with Crippen molar-refractivity contribution < 1.29 is 14.4 Å². The molecule has 1 aromatic carbocycles. The van der Waals surface area contributed by atoms with E-state index in [1.54, 1.807) is 43.8 Å². The van der Waals surface area contributed by atoms with Gasteiger partial charge in [-0.1, -0.05) is 12.1 Å². The number of nitrogens with zero attached hydrogens (tertiary/aromatic N) is 5. The molecule has 4 rings (SSSR count). The lowest BCUT2D eigenvalue weighted by atomic mass is 9.98. The molecule has 0 bridgehead atoms. The van der Waals surface area contributed by atoms with Crippen molar-refractivity contribution >= 4 is 23.4 Å². The Morgan fingerprint density at radius 3 is 2.72 bits per heavy atom. The molecule has 0 spiro atoms. The van der Waals surface area contributed by atoms with Crippen LogP contribution in [0.5, 0.6) is 0 Å².